The topological polar surface area (TPSA) is 140 Å². The Morgan fingerprint density at radius 2 is 1.57 bits per heavy atom. The van der Waals surface area contributed by atoms with Gasteiger partial charge >= 0.3 is 18.0 Å². The van der Waals surface area contributed by atoms with E-state index in [-0.39, 0.29) is 24.5 Å². The summed E-state index contributed by atoms with van der Waals surface area (Å²) in [7, 11) is 0. The van der Waals surface area contributed by atoms with Crippen molar-refractivity contribution < 1.29 is 38.2 Å². The summed E-state index contributed by atoms with van der Waals surface area (Å²) >= 11 is 1.23. The van der Waals surface area contributed by atoms with E-state index in [1.807, 2.05) is 0 Å². The number of rotatable bonds is 11. The summed E-state index contributed by atoms with van der Waals surface area (Å²) in [5.74, 6) is -1.98. The molecule has 1 aliphatic rings. The van der Waals surface area contributed by atoms with Crippen molar-refractivity contribution >= 4 is 41.6 Å². The van der Waals surface area contributed by atoms with Crippen molar-refractivity contribution in [2.45, 2.75) is 97.4 Å². The number of allylic oxidation sites excluding steroid dienone is 1. The highest BCUT2D eigenvalue weighted by molar-refractivity contribution is 8.00. The van der Waals surface area contributed by atoms with Crippen molar-refractivity contribution in [3.05, 3.63) is 47.2 Å². The molecule has 2 rings (SSSR count). The van der Waals surface area contributed by atoms with Crippen LogP contribution < -0.4 is 10.6 Å². The van der Waals surface area contributed by atoms with Crippen molar-refractivity contribution in [2.75, 3.05) is 12.4 Å². The molecule has 0 radical (unpaired) electrons. The predicted molar refractivity (Wildman–Crippen MR) is 159 cm³/mol. The Morgan fingerprint density at radius 1 is 0.976 bits per heavy atom. The maximum absolute atomic E-state index is 13.6. The first-order chi connectivity index (χ1) is 19.4. The summed E-state index contributed by atoms with van der Waals surface area (Å²) in [6, 6.07) is 6.34. The first-order valence-electron chi connectivity index (χ1n) is 13.8. The van der Waals surface area contributed by atoms with E-state index < -0.39 is 58.5 Å². The minimum atomic E-state index is -1.16. The van der Waals surface area contributed by atoms with Gasteiger partial charge in [0.1, 0.15) is 34.4 Å². The van der Waals surface area contributed by atoms with Crippen LogP contribution in [0.25, 0.3) is 0 Å². The number of nitrogens with zero attached hydrogens (tertiary/aromatic N) is 1. The average molecular weight is 606 g/mol. The van der Waals surface area contributed by atoms with Crippen molar-refractivity contribution in [1.82, 2.24) is 15.5 Å². The third-order valence-corrected chi connectivity index (χ3v) is 6.87. The Labute approximate surface area is 252 Å². The number of carbonyl (C=O) groups is 5. The number of thioether (sulfide) groups is 1. The van der Waals surface area contributed by atoms with Crippen LogP contribution in [0.3, 0.4) is 0 Å². The second kappa shape index (κ2) is 14.6. The van der Waals surface area contributed by atoms with E-state index in [0.29, 0.717) is 11.1 Å². The molecule has 12 heteroatoms. The Bertz CT molecular complexity index is 1180. The SMILES string of the molecule is CCOC(=O)CCSC1C(NC(=O)C(NC(=O)OC(C)(C)C)c2ccccc2)C(=O)N1C(C(=O)OC(C)(C)C)=C(C)C. The first kappa shape index (κ1) is 34.7. The molecule has 0 spiro atoms. The van der Waals surface area contributed by atoms with Crippen LogP contribution in [-0.2, 0) is 33.4 Å². The number of hydrogen-bond donors (Lipinski definition) is 2. The lowest BCUT2D eigenvalue weighted by Crippen LogP contribution is -2.70. The van der Waals surface area contributed by atoms with Crippen LogP contribution in [0.2, 0.25) is 0 Å². The van der Waals surface area contributed by atoms with Gasteiger partial charge in [0, 0.05) is 5.75 Å². The normalized spacial score (nSPS) is 17.4. The summed E-state index contributed by atoms with van der Waals surface area (Å²) in [4.78, 5) is 66.2. The molecule has 1 fully saturated rings. The van der Waals surface area contributed by atoms with Gasteiger partial charge in [-0.2, -0.15) is 0 Å². The molecule has 1 aromatic carbocycles. The molecule has 232 valence electrons. The van der Waals surface area contributed by atoms with Gasteiger partial charge in [-0.15, -0.1) is 11.8 Å². The second-order valence-electron chi connectivity index (χ2n) is 11.9. The van der Waals surface area contributed by atoms with E-state index in [4.69, 9.17) is 14.2 Å². The summed E-state index contributed by atoms with van der Waals surface area (Å²) in [6.07, 6.45) is -0.730. The smallest absolute Gasteiger partial charge is 0.408 e. The molecule has 0 saturated carbocycles. The van der Waals surface area contributed by atoms with Crippen LogP contribution in [0.4, 0.5) is 4.79 Å². The molecular weight excluding hydrogens is 562 g/mol. The van der Waals surface area contributed by atoms with Gasteiger partial charge in [0.05, 0.1) is 13.0 Å². The fourth-order valence-electron chi connectivity index (χ4n) is 3.98. The van der Waals surface area contributed by atoms with Crippen molar-refractivity contribution in [1.29, 1.82) is 0 Å². The molecule has 1 aliphatic heterocycles. The van der Waals surface area contributed by atoms with Gasteiger partial charge in [0.15, 0.2) is 0 Å². The number of amides is 3. The first-order valence-corrected chi connectivity index (χ1v) is 14.9. The molecule has 3 atom stereocenters. The Morgan fingerprint density at radius 3 is 2.10 bits per heavy atom. The summed E-state index contributed by atoms with van der Waals surface area (Å²) in [6.45, 7) is 15.6. The molecule has 2 N–H and O–H groups in total. The number of carbonyl (C=O) groups excluding carboxylic acids is 5. The van der Waals surface area contributed by atoms with Crippen molar-refractivity contribution in [2.24, 2.45) is 0 Å². The monoisotopic (exact) mass is 605 g/mol. The third-order valence-electron chi connectivity index (χ3n) is 5.60. The molecule has 1 saturated heterocycles. The number of esters is 2. The lowest BCUT2D eigenvalue weighted by atomic mass is 10.0. The minimum Gasteiger partial charge on any atom is -0.466 e. The zero-order chi connectivity index (χ0) is 31.8. The number of benzene rings is 1. The number of hydrogen-bond acceptors (Lipinski definition) is 9. The van der Waals surface area contributed by atoms with Crippen LogP contribution in [0.1, 0.15) is 80.3 Å². The fraction of sp³-hybridized carbons (Fsp3) is 0.567. The van der Waals surface area contributed by atoms with E-state index in [1.54, 1.807) is 92.6 Å². The number of ether oxygens (including phenoxy) is 3. The molecule has 1 heterocycles. The molecule has 3 unspecified atom stereocenters. The number of nitrogens with one attached hydrogen (secondary N) is 2. The molecule has 1 aromatic rings. The molecule has 0 bridgehead atoms. The molecule has 0 aliphatic carbocycles. The van der Waals surface area contributed by atoms with Gasteiger partial charge in [-0.1, -0.05) is 30.3 Å². The number of likely N-dealkylation sites (tertiary alicyclic amines) is 1. The Balaban J connectivity index is 2.36. The van der Waals surface area contributed by atoms with Gasteiger partial charge in [-0.3, -0.25) is 19.3 Å². The lowest BCUT2D eigenvalue weighted by molar-refractivity contribution is -0.159. The lowest BCUT2D eigenvalue weighted by Gasteiger charge is -2.47. The summed E-state index contributed by atoms with van der Waals surface area (Å²) < 4.78 is 15.9. The van der Waals surface area contributed by atoms with Crippen LogP contribution in [0.5, 0.6) is 0 Å². The number of alkyl carbamates (subject to hydrolysis) is 1. The summed E-state index contributed by atoms with van der Waals surface area (Å²) in [5.41, 5.74) is -0.500. The third kappa shape index (κ3) is 10.1. The molecule has 0 aromatic heterocycles. The molecule has 42 heavy (non-hydrogen) atoms. The number of β-lactam (4-membered cyclic amide) rings is 1. The standard InChI is InChI=1S/C30H43N3O8S/c1-10-39-20(34)16-17-42-26-22(25(36)33(26)23(18(2)3)27(37)40-29(4,5)6)31-24(35)21(19-14-12-11-13-15-19)32-28(38)41-30(7,8)9/h11-15,21-22,26H,10,16-17H2,1-9H3,(H,31,35)(H,32,38). The van der Waals surface area contributed by atoms with Gasteiger partial charge in [-0.25, -0.2) is 9.59 Å². The molecule has 3 amide bonds. The van der Waals surface area contributed by atoms with Crippen LogP contribution >= 0.6 is 11.8 Å². The van der Waals surface area contributed by atoms with Crippen molar-refractivity contribution in [3.63, 3.8) is 0 Å². The maximum Gasteiger partial charge on any atom is 0.408 e. The van der Waals surface area contributed by atoms with E-state index in [2.05, 4.69) is 10.6 Å². The van der Waals surface area contributed by atoms with E-state index in [9.17, 15) is 24.0 Å². The van der Waals surface area contributed by atoms with Gasteiger partial charge in [0.2, 0.25) is 5.91 Å². The largest absolute Gasteiger partial charge is 0.466 e. The summed E-state index contributed by atoms with van der Waals surface area (Å²) in [5, 5.41) is 4.61. The highest BCUT2D eigenvalue weighted by atomic mass is 32.2. The van der Waals surface area contributed by atoms with Crippen molar-refractivity contribution in [3.8, 4) is 0 Å². The predicted octanol–water partition coefficient (Wildman–Crippen LogP) is 4.23. The maximum atomic E-state index is 13.6. The van der Waals surface area contributed by atoms with Crippen LogP contribution in [-0.4, -0.2) is 69.7 Å². The quantitative estimate of drug-likeness (QED) is 0.164. The van der Waals surface area contributed by atoms with Crippen LogP contribution in [0, 0.1) is 0 Å². The Kier molecular flexibility index (Phi) is 12.0. The minimum absolute atomic E-state index is 0.0700. The zero-order valence-corrected chi connectivity index (χ0v) is 26.7. The zero-order valence-electron chi connectivity index (χ0n) is 25.9. The van der Waals surface area contributed by atoms with Gasteiger partial charge in [0.25, 0.3) is 5.91 Å². The highest BCUT2D eigenvalue weighted by Gasteiger charge is 2.52. The van der Waals surface area contributed by atoms with E-state index in [1.165, 1.54) is 16.7 Å². The highest BCUT2D eigenvalue weighted by Crippen LogP contribution is 2.36. The van der Waals surface area contributed by atoms with Gasteiger partial charge < -0.3 is 24.8 Å². The van der Waals surface area contributed by atoms with Crippen LogP contribution in [0.15, 0.2) is 41.6 Å². The van der Waals surface area contributed by atoms with Gasteiger partial charge in [-0.05, 0) is 73.5 Å². The molecule has 11 nitrogen and oxygen atoms in total. The van der Waals surface area contributed by atoms with E-state index >= 15 is 0 Å². The fourth-order valence-corrected chi connectivity index (χ4v) is 5.24. The second-order valence-corrected chi connectivity index (χ2v) is 13.1. The Hall–Kier alpha value is -3.54. The van der Waals surface area contributed by atoms with E-state index in [0.717, 1.165) is 0 Å². The molecular formula is C30H43N3O8S. The average Bonchev–Trinajstić information content (AvgIpc) is 2.85.